The second-order valence-electron chi connectivity index (χ2n) is 4.03. The van der Waals surface area contributed by atoms with Gasteiger partial charge in [-0.3, -0.25) is 16.3 Å². The molecule has 1 aromatic heterocycles. The van der Waals surface area contributed by atoms with E-state index in [1.54, 1.807) is 18.3 Å². The van der Waals surface area contributed by atoms with Gasteiger partial charge in [0.05, 0.1) is 6.04 Å². The van der Waals surface area contributed by atoms with E-state index in [9.17, 15) is 4.39 Å². The summed E-state index contributed by atoms with van der Waals surface area (Å²) in [5.41, 5.74) is 3.98. The van der Waals surface area contributed by atoms with E-state index in [1.165, 1.54) is 6.07 Å². The molecule has 3 nitrogen and oxygen atoms in total. The normalized spacial score (nSPS) is 12.4. The van der Waals surface area contributed by atoms with Crippen LogP contribution in [0.25, 0.3) is 0 Å². The first-order valence-electron chi connectivity index (χ1n) is 5.62. The third-order valence-electron chi connectivity index (χ3n) is 2.75. The quantitative estimate of drug-likeness (QED) is 0.622. The zero-order chi connectivity index (χ0) is 13.8. The predicted octanol–water partition coefficient (Wildman–Crippen LogP) is 3.49. The molecule has 2 rings (SSSR count). The fourth-order valence-electron chi connectivity index (χ4n) is 1.82. The van der Waals surface area contributed by atoms with Gasteiger partial charge in [-0.25, -0.2) is 4.39 Å². The van der Waals surface area contributed by atoms with Gasteiger partial charge in [0.2, 0.25) is 0 Å². The lowest BCUT2D eigenvalue weighted by molar-refractivity contribution is 0.504. The second-order valence-corrected chi connectivity index (χ2v) is 5.80. The van der Waals surface area contributed by atoms with Crippen LogP contribution < -0.4 is 11.3 Å². The summed E-state index contributed by atoms with van der Waals surface area (Å²) in [6, 6.07) is 8.28. The first-order chi connectivity index (χ1) is 9.11. The number of aromatic nitrogens is 1. The van der Waals surface area contributed by atoms with Gasteiger partial charge < -0.3 is 0 Å². The van der Waals surface area contributed by atoms with Crippen molar-refractivity contribution in [2.45, 2.75) is 12.5 Å². The van der Waals surface area contributed by atoms with Crippen molar-refractivity contribution < 1.29 is 4.39 Å². The molecule has 0 fully saturated rings. The SMILES string of the molecule is NNC(Cc1ccc(Br)cn1)c1c(F)cccc1Br. The van der Waals surface area contributed by atoms with Crippen LogP contribution in [0.1, 0.15) is 17.3 Å². The summed E-state index contributed by atoms with van der Waals surface area (Å²) in [6.07, 6.45) is 2.21. The van der Waals surface area contributed by atoms with Gasteiger partial charge in [-0.05, 0) is 40.2 Å². The number of rotatable bonds is 4. The molecule has 0 radical (unpaired) electrons. The Morgan fingerprint density at radius 1 is 1.26 bits per heavy atom. The minimum atomic E-state index is -0.343. The number of hydrogen-bond acceptors (Lipinski definition) is 3. The molecule has 0 aliphatic carbocycles. The Morgan fingerprint density at radius 2 is 2.05 bits per heavy atom. The van der Waals surface area contributed by atoms with Gasteiger partial charge in [0.25, 0.3) is 0 Å². The lowest BCUT2D eigenvalue weighted by Crippen LogP contribution is -2.30. The molecule has 0 saturated heterocycles. The Bertz CT molecular complexity index is 540. The van der Waals surface area contributed by atoms with Crippen molar-refractivity contribution in [3.05, 3.63) is 62.5 Å². The van der Waals surface area contributed by atoms with Gasteiger partial charge in [-0.2, -0.15) is 0 Å². The number of pyridine rings is 1. The van der Waals surface area contributed by atoms with Crippen molar-refractivity contribution in [3.8, 4) is 0 Å². The average molecular weight is 389 g/mol. The van der Waals surface area contributed by atoms with Crippen LogP contribution in [0.15, 0.2) is 45.5 Å². The van der Waals surface area contributed by atoms with E-state index in [0.29, 0.717) is 16.5 Å². The van der Waals surface area contributed by atoms with Crippen LogP contribution in [0.3, 0.4) is 0 Å². The first kappa shape index (κ1) is 14.6. The van der Waals surface area contributed by atoms with Gasteiger partial charge in [0.15, 0.2) is 0 Å². The van der Waals surface area contributed by atoms with E-state index >= 15 is 0 Å². The number of benzene rings is 1. The van der Waals surface area contributed by atoms with Gasteiger partial charge in [-0.15, -0.1) is 0 Å². The standard InChI is InChI=1S/C13H12Br2FN3/c14-8-4-5-9(18-7-8)6-12(19-17)13-10(15)2-1-3-11(13)16/h1-5,7,12,19H,6,17H2. The molecular weight excluding hydrogens is 377 g/mol. The maximum Gasteiger partial charge on any atom is 0.129 e. The zero-order valence-corrected chi connectivity index (χ0v) is 13.1. The van der Waals surface area contributed by atoms with Crippen molar-refractivity contribution >= 4 is 31.9 Å². The summed E-state index contributed by atoms with van der Waals surface area (Å²) >= 11 is 6.68. The number of halogens is 3. The van der Waals surface area contributed by atoms with Crippen LogP contribution >= 0.6 is 31.9 Å². The molecule has 0 aliphatic heterocycles. The van der Waals surface area contributed by atoms with E-state index in [4.69, 9.17) is 5.84 Å². The van der Waals surface area contributed by atoms with Crippen LogP contribution in [0, 0.1) is 5.82 Å². The lowest BCUT2D eigenvalue weighted by atomic mass is 10.0. The molecule has 0 aliphatic rings. The third-order valence-corrected chi connectivity index (χ3v) is 3.91. The Labute approximate surface area is 127 Å². The smallest absolute Gasteiger partial charge is 0.129 e. The lowest BCUT2D eigenvalue weighted by Gasteiger charge is -2.18. The molecule has 1 heterocycles. The molecule has 100 valence electrons. The molecule has 0 saturated carbocycles. The Balaban J connectivity index is 2.27. The summed E-state index contributed by atoms with van der Waals surface area (Å²) < 4.78 is 15.5. The minimum absolute atomic E-state index is 0.297. The highest BCUT2D eigenvalue weighted by atomic mass is 79.9. The highest BCUT2D eigenvalue weighted by Gasteiger charge is 2.18. The van der Waals surface area contributed by atoms with Crippen LogP contribution in [-0.4, -0.2) is 4.98 Å². The van der Waals surface area contributed by atoms with Gasteiger partial charge in [0.1, 0.15) is 5.82 Å². The molecule has 6 heteroatoms. The van der Waals surface area contributed by atoms with Crippen molar-refractivity contribution in [2.75, 3.05) is 0 Å². The minimum Gasteiger partial charge on any atom is -0.271 e. The summed E-state index contributed by atoms with van der Waals surface area (Å²) in [5.74, 6) is 5.25. The molecule has 0 amide bonds. The van der Waals surface area contributed by atoms with Crippen molar-refractivity contribution in [3.63, 3.8) is 0 Å². The summed E-state index contributed by atoms with van der Waals surface area (Å²) in [6.45, 7) is 0. The van der Waals surface area contributed by atoms with Gasteiger partial charge in [-0.1, -0.05) is 22.0 Å². The number of hydrazine groups is 1. The topological polar surface area (TPSA) is 50.9 Å². The number of nitrogens with two attached hydrogens (primary N) is 1. The number of nitrogens with one attached hydrogen (secondary N) is 1. The van der Waals surface area contributed by atoms with Crippen LogP contribution in [0.5, 0.6) is 0 Å². The van der Waals surface area contributed by atoms with Crippen LogP contribution in [0.2, 0.25) is 0 Å². The highest BCUT2D eigenvalue weighted by molar-refractivity contribution is 9.10. The van der Waals surface area contributed by atoms with Gasteiger partial charge in [0, 0.05) is 32.8 Å². The average Bonchev–Trinajstić information content (AvgIpc) is 2.39. The van der Waals surface area contributed by atoms with Crippen molar-refractivity contribution in [2.24, 2.45) is 5.84 Å². The van der Waals surface area contributed by atoms with E-state index in [0.717, 1.165) is 10.2 Å². The summed E-state index contributed by atoms with van der Waals surface area (Å²) in [5, 5.41) is 0. The van der Waals surface area contributed by atoms with Crippen LogP contribution in [-0.2, 0) is 6.42 Å². The Hall–Kier alpha value is -0.820. The Morgan fingerprint density at radius 3 is 2.63 bits per heavy atom. The fraction of sp³-hybridized carbons (Fsp3) is 0.154. The van der Waals surface area contributed by atoms with E-state index in [1.807, 2.05) is 12.1 Å². The zero-order valence-electron chi connectivity index (χ0n) is 9.91. The molecule has 3 N–H and O–H groups in total. The third kappa shape index (κ3) is 3.60. The largest absolute Gasteiger partial charge is 0.271 e. The van der Waals surface area contributed by atoms with Crippen LogP contribution in [0.4, 0.5) is 4.39 Å². The van der Waals surface area contributed by atoms with E-state index in [-0.39, 0.29) is 11.9 Å². The molecule has 0 bridgehead atoms. The first-order valence-corrected chi connectivity index (χ1v) is 7.21. The van der Waals surface area contributed by atoms with E-state index in [2.05, 4.69) is 42.3 Å². The summed E-state index contributed by atoms with van der Waals surface area (Å²) in [7, 11) is 0. The number of hydrogen-bond donors (Lipinski definition) is 2. The molecule has 1 unspecified atom stereocenters. The second kappa shape index (κ2) is 6.56. The number of nitrogens with zero attached hydrogens (tertiary/aromatic N) is 1. The molecule has 1 atom stereocenters. The maximum atomic E-state index is 13.9. The molecule has 0 spiro atoms. The maximum absolute atomic E-state index is 13.9. The monoisotopic (exact) mass is 387 g/mol. The van der Waals surface area contributed by atoms with E-state index < -0.39 is 0 Å². The van der Waals surface area contributed by atoms with Gasteiger partial charge >= 0.3 is 0 Å². The van der Waals surface area contributed by atoms with Crippen molar-refractivity contribution in [1.82, 2.24) is 10.4 Å². The fourth-order valence-corrected chi connectivity index (χ4v) is 2.68. The van der Waals surface area contributed by atoms with Crippen molar-refractivity contribution in [1.29, 1.82) is 0 Å². The summed E-state index contributed by atoms with van der Waals surface area (Å²) in [4.78, 5) is 4.27. The predicted molar refractivity (Wildman–Crippen MR) is 79.8 cm³/mol. The molecular formula is C13H12Br2FN3. The Kier molecular flexibility index (Phi) is 5.04. The molecule has 2 aromatic rings. The highest BCUT2D eigenvalue weighted by Crippen LogP contribution is 2.28. The molecule has 19 heavy (non-hydrogen) atoms. The molecule has 1 aromatic carbocycles.